The largest absolute Gasteiger partial charge is 0.508 e. The smallest absolute Gasteiger partial charge is 0.283 e. The van der Waals surface area contributed by atoms with E-state index >= 15 is 0 Å². The van der Waals surface area contributed by atoms with Crippen LogP contribution >= 0.6 is 46.4 Å². The number of aromatic hydroxyl groups is 2. The number of phenols is 2. The number of benzene rings is 3. The lowest BCUT2D eigenvalue weighted by molar-refractivity contribution is 0.428. The highest BCUT2D eigenvalue weighted by molar-refractivity contribution is 7.87. The number of hydrogen-bond acceptors (Lipinski definition) is 4. The van der Waals surface area contributed by atoms with Gasteiger partial charge in [0.15, 0.2) is 4.75 Å². The minimum Gasteiger partial charge on any atom is -0.508 e. The van der Waals surface area contributed by atoms with E-state index in [0.717, 1.165) is 12.1 Å². The van der Waals surface area contributed by atoms with Gasteiger partial charge < -0.3 is 10.2 Å². The molecule has 0 spiro atoms. The Morgan fingerprint density at radius 2 is 1.28 bits per heavy atom. The van der Waals surface area contributed by atoms with E-state index in [1.54, 1.807) is 0 Å². The van der Waals surface area contributed by atoms with Crippen molar-refractivity contribution >= 4 is 56.5 Å². The van der Waals surface area contributed by atoms with Crippen molar-refractivity contribution in [3.8, 4) is 11.5 Å². The molecule has 152 valence electrons. The number of hydrogen-bond donors (Lipinski definition) is 3. The molecular formula is C19H12Cl4O5S. The fourth-order valence-corrected chi connectivity index (χ4v) is 5.48. The molecule has 1 atom stereocenters. The van der Waals surface area contributed by atoms with E-state index in [1.807, 2.05) is 0 Å². The second-order valence-corrected chi connectivity index (χ2v) is 9.30. The van der Waals surface area contributed by atoms with Crippen molar-refractivity contribution in [3.05, 3.63) is 91.4 Å². The first kappa shape index (κ1) is 22.0. The molecular weight excluding hydrogens is 482 g/mol. The van der Waals surface area contributed by atoms with Gasteiger partial charge in [0.1, 0.15) is 11.5 Å². The Hall–Kier alpha value is -1.67. The molecule has 0 fully saturated rings. The van der Waals surface area contributed by atoms with Crippen LogP contribution in [0.5, 0.6) is 11.5 Å². The van der Waals surface area contributed by atoms with Gasteiger partial charge >= 0.3 is 0 Å². The zero-order valence-electron chi connectivity index (χ0n) is 14.3. The maximum Gasteiger partial charge on any atom is 0.283 e. The van der Waals surface area contributed by atoms with Gasteiger partial charge in [-0.1, -0.05) is 70.7 Å². The summed E-state index contributed by atoms with van der Waals surface area (Å²) in [5, 5.41) is 21.0. The molecule has 0 amide bonds. The van der Waals surface area contributed by atoms with Gasteiger partial charge in [0.2, 0.25) is 0 Å². The van der Waals surface area contributed by atoms with Crippen molar-refractivity contribution in [2.75, 3.05) is 0 Å². The molecule has 5 nitrogen and oxygen atoms in total. The van der Waals surface area contributed by atoms with E-state index < -0.39 is 26.4 Å². The molecule has 3 aromatic carbocycles. The van der Waals surface area contributed by atoms with Crippen LogP contribution in [0.4, 0.5) is 0 Å². The van der Waals surface area contributed by atoms with Crippen molar-refractivity contribution < 1.29 is 23.2 Å². The molecule has 0 saturated heterocycles. The van der Waals surface area contributed by atoms with Crippen LogP contribution in [0.15, 0.2) is 54.6 Å². The molecule has 10 heteroatoms. The Balaban J connectivity index is 2.63. The summed E-state index contributed by atoms with van der Waals surface area (Å²) in [6.45, 7) is 0. The summed E-state index contributed by atoms with van der Waals surface area (Å²) in [7, 11) is -5.14. The van der Waals surface area contributed by atoms with Gasteiger partial charge in [-0.05, 0) is 30.3 Å². The fraction of sp³-hybridized carbons (Fsp3) is 0.0526. The molecule has 1 unspecified atom stereocenters. The molecule has 0 saturated carbocycles. The molecule has 0 aliphatic carbocycles. The van der Waals surface area contributed by atoms with Gasteiger partial charge in [-0.3, -0.25) is 4.55 Å². The van der Waals surface area contributed by atoms with E-state index in [2.05, 4.69) is 0 Å². The van der Waals surface area contributed by atoms with Gasteiger partial charge in [-0.2, -0.15) is 8.42 Å². The quantitative estimate of drug-likeness (QED) is 0.239. The van der Waals surface area contributed by atoms with Crippen molar-refractivity contribution in [2.45, 2.75) is 4.75 Å². The van der Waals surface area contributed by atoms with Crippen LogP contribution in [0.1, 0.15) is 16.7 Å². The highest BCUT2D eigenvalue weighted by Crippen LogP contribution is 2.52. The van der Waals surface area contributed by atoms with Crippen molar-refractivity contribution in [1.82, 2.24) is 0 Å². The number of rotatable bonds is 4. The van der Waals surface area contributed by atoms with Gasteiger partial charge in [0.25, 0.3) is 10.1 Å². The third kappa shape index (κ3) is 3.65. The Kier molecular flexibility index (Phi) is 5.98. The molecule has 3 aromatic rings. The lowest BCUT2D eigenvalue weighted by Gasteiger charge is -2.34. The van der Waals surface area contributed by atoms with E-state index in [4.69, 9.17) is 46.4 Å². The lowest BCUT2D eigenvalue weighted by atomic mass is 9.83. The predicted molar refractivity (Wildman–Crippen MR) is 114 cm³/mol. The Morgan fingerprint density at radius 3 is 1.86 bits per heavy atom. The minimum atomic E-state index is -5.14. The summed E-state index contributed by atoms with van der Waals surface area (Å²) in [6, 6.07) is 11.4. The molecule has 0 radical (unpaired) electrons. The highest BCUT2D eigenvalue weighted by atomic mass is 35.5. The highest BCUT2D eigenvalue weighted by Gasteiger charge is 2.52. The summed E-state index contributed by atoms with van der Waals surface area (Å²) in [6.07, 6.45) is 0. The minimum absolute atomic E-state index is 0.0438. The third-order valence-electron chi connectivity index (χ3n) is 4.40. The van der Waals surface area contributed by atoms with Crippen molar-refractivity contribution in [1.29, 1.82) is 0 Å². The van der Waals surface area contributed by atoms with Gasteiger partial charge in [-0.15, -0.1) is 0 Å². The average molecular weight is 494 g/mol. The number of phenolic OH excluding ortho intramolecular Hbond substituents is 2. The van der Waals surface area contributed by atoms with Gasteiger partial charge in [-0.25, -0.2) is 0 Å². The standard InChI is InChI=1S/C19H12Cl4O5S/c20-10-5-6-12(18(25)7-10)19(29(26,27)28,11-3-1-2-4-17(11)24)13-8-15(22)16(23)9-14(13)21/h1-9,24-25H,(H,26,27,28). The molecule has 29 heavy (non-hydrogen) atoms. The van der Waals surface area contributed by atoms with E-state index in [1.165, 1.54) is 42.5 Å². The van der Waals surface area contributed by atoms with Gasteiger partial charge in [0.05, 0.1) is 10.0 Å². The monoisotopic (exact) mass is 492 g/mol. The van der Waals surface area contributed by atoms with Crippen LogP contribution in [0.3, 0.4) is 0 Å². The van der Waals surface area contributed by atoms with E-state index in [-0.39, 0.29) is 36.8 Å². The SMILES string of the molecule is O=S(=O)(O)C(c1ccccc1O)(c1ccc(Cl)cc1O)c1cc(Cl)c(Cl)cc1Cl. The first-order chi connectivity index (χ1) is 13.5. The first-order valence-corrected chi connectivity index (χ1v) is 10.8. The van der Waals surface area contributed by atoms with Crippen LogP contribution < -0.4 is 0 Å². The second kappa shape index (κ2) is 7.87. The molecule has 3 N–H and O–H groups in total. The van der Waals surface area contributed by atoms with Crippen molar-refractivity contribution in [2.24, 2.45) is 0 Å². The summed E-state index contributed by atoms with van der Waals surface area (Å²) < 4.78 is 33.8. The fourth-order valence-electron chi connectivity index (χ4n) is 3.22. The van der Waals surface area contributed by atoms with Crippen LogP contribution in [-0.2, 0) is 14.9 Å². The number of para-hydroxylation sites is 1. The zero-order valence-corrected chi connectivity index (χ0v) is 18.1. The second-order valence-electron chi connectivity index (χ2n) is 6.08. The summed E-state index contributed by atoms with van der Waals surface area (Å²) in [5.74, 6) is -1.03. The normalized spacial score (nSPS) is 13.8. The van der Waals surface area contributed by atoms with E-state index in [9.17, 15) is 23.2 Å². The number of halogens is 4. The van der Waals surface area contributed by atoms with Crippen LogP contribution in [0.25, 0.3) is 0 Å². The van der Waals surface area contributed by atoms with Gasteiger partial charge in [0, 0.05) is 26.7 Å². The molecule has 0 bridgehead atoms. The molecule has 0 aliphatic rings. The maximum absolute atomic E-state index is 13.0. The van der Waals surface area contributed by atoms with Crippen LogP contribution in [0.2, 0.25) is 20.1 Å². The summed E-state index contributed by atoms with van der Waals surface area (Å²) in [5.41, 5.74) is -0.790. The lowest BCUT2D eigenvalue weighted by Crippen LogP contribution is -2.38. The Labute approximate surface area is 186 Å². The van der Waals surface area contributed by atoms with Crippen molar-refractivity contribution in [3.63, 3.8) is 0 Å². The Morgan fingerprint density at radius 1 is 0.690 bits per heavy atom. The molecule has 0 aromatic heterocycles. The Bertz CT molecular complexity index is 1210. The van der Waals surface area contributed by atoms with Crippen LogP contribution in [-0.4, -0.2) is 23.2 Å². The predicted octanol–water partition coefficient (Wildman–Crippen LogP) is 5.89. The van der Waals surface area contributed by atoms with Crippen LogP contribution in [0, 0.1) is 0 Å². The topological polar surface area (TPSA) is 94.8 Å². The average Bonchev–Trinajstić information content (AvgIpc) is 2.61. The molecule has 0 heterocycles. The third-order valence-corrected chi connectivity index (χ3v) is 7.10. The molecule has 0 aliphatic heterocycles. The summed E-state index contributed by atoms with van der Waals surface area (Å²) >= 11 is 24.3. The maximum atomic E-state index is 13.0. The first-order valence-electron chi connectivity index (χ1n) is 7.89. The van der Waals surface area contributed by atoms with E-state index in [0.29, 0.717) is 0 Å². The zero-order chi connectivity index (χ0) is 21.6. The summed E-state index contributed by atoms with van der Waals surface area (Å²) in [4.78, 5) is 0. The molecule has 3 rings (SSSR count).